The van der Waals surface area contributed by atoms with Gasteiger partial charge in [-0.1, -0.05) is 6.07 Å². The van der Waals surface area contributed by atoms with Gasteiger partial charge >= 0.3 is 0 Å². The number of fused-ring (bicyclic) bond motifs is 1. The lowest BCUT2D eigenvalue weighted by molar-refractivity contribution is 0.164. The molecule has 0 radical (unpaired) electrons. The molecule has 1 aromatic heterocycles. The van der Waals surface area contributed by atoms with E-state index in [9.17, 15) is 15.0 Å². The SMILES string of the molecule is CC(C)(C)NCC(O)c1ccc(O)c2[nH]c(=O)ccc12. The summed E-state index contributed by atoms with van der Waals surface area (Å²) in [6.45, 7) is 6.45. The molecule has 1 heterocycles. The van der Waals surface area contributed by atoms with Crippen molar-refractivity contribution < 1.29 is 10.2 Å². The molecule has 2 aromatic rings. The minimum atomic E-state index is -0.719. The Morgan fingerprint density at radius 3 is 2.60 bits per heavy atom. The third kappa shape index (κ3) is 3.18. The number of benzene rings is 1. The van der Waals surface area contributed by atoms with E-state index in [4.69, 9.17) is 0 Å². The number of aliphatic hydroxyl groups is 1. The topological polar surface area (TPSA) is 85.3 Å². The fourth-order valence-corrected chi connectivity index (χ4v) is 2.06. The first-order chi connectivity index (χ1) is 9.28. The van der Waals surface area contributed by atoms with Crippen molar-refractivity contribution in [2.75, 3.05) is 6.54 Å². The third-order valence-electron chi connectivity index (χ3n) is 3.09. The molecule has 5 heteroatoms. The molecule has 0 saturated heterocycles. The average molecular weight is 276 g/mol. The van der Waals surface area contributed by atoms with Crippen LogP contribution in [0, 0.1) is 0 Å². The van der Waals surface area contributed by atoms with Crippen LogP contribution in [0.25, 0.3) is 10.9 Å². The number of phenols is 1. The van der Waals surface area contributed by atoms with Crippen LogP contribution in [0.5, 0.6) is 5.75 Å². The second-order valence-electron chi connectivity index (χ2n) is 5.93. The lowest BCUT2D eigenvalue weighted by atomic mass is 10.0. The van der Waals surface area contributed by atoms with Crippen LogP contribution in [0.15, 0.2) is 29.1 Å². The molecule has 5 nitrogen and oxygen atoms in total. The minimum absolute atomic E-state index is 0.00238. The van der Waals surface area contributed by atoms with Gasteiger partial charge in [0.25, 0.3) is 0 Å². The highest BCUT2D eigenvalue weighted by atomic mass is 16.3. The van der Waals surface area contributed by atoms with Crippen molar-refractivity contribution in [2.45, 2.75) is 32.4 Å². The molecular weight excluding hydrogens is 256 g/mol. The Kier molecular flexibility index (Phi) is 3.83. The van der Waals surface area contributed by atoms with Crippen LogP contribution in [-0.2, 0) is 0 Å². The molecule has 108 valence electrons. The highest BCUT2D eigenvalue weighted by Crippen LogP contribution is 2.28. The number of rotatable bonds is 3. The number of aromatic nitrogens is 1. The van der Waals surface area contributed by atoms with E-state index in [0.717, 1.165) is 0 Å². The summed E-state index contributed by atoms with van der Waals surface area (Å²) in [5.41, 5.74) is 0.644. The van der Waals surface area contributed by atoms with E-state index in [-0.39, 0.29) is 16.8 Å². The Morgan fingerprint density at radius 1 is 1.25 bits per heavy atom. The van der Waals surface area contributed by atoms with Crippen molar-refractivity contribution in [3.63, 3.8) is 0 Å². The largest absolute Gasteiger partial charge is 0.506 e. The van der Waals surface area contributed by atoms with Crippen LogP contribution < -0.4 is 10.9 Å². The van der Waals surface area contributed by atoms with Crippen molar-refractivity contribution in [1.82, 2.24) is 10.3 Å². The number of phenolic OH excluding ortho intramolecular Hbond substituents is 1. The molecular formula is C15H20N2O3. The molecule has 0 amide bonds. The van der Waals surface area contributed by atoms with Gasteiger partial charge < -0.3 is 20.5 Å². The van der Waals surface area contributed by atoms with Crippen LogP contribution in [0.1, 0.15) is 32.4 Å². The molecule has 0 aliphatic heterocycles. The van der Waals surface area contributed by atoms with Gasteiger partial charge in [0.1, 0.15) is 5.75 Å². The number of pyridine rings is 1. The zero-order chi connectivity index (χ0) is 14.9. The number of aromatic amines is 1. The minimum Gasteiger partial charge on any atom is -0.506 e. The van der Waals surface area contributed by atoms with E-state index in [1.807, 2.05) is 20.8 Å². The van der Waals surface area contributed by atoms with Gasteiger partial charge in [-0.05, 0) is 38.5 Å². The molecule has 0 fully saturated rings. The first-order valence-electron chi connectivity index (χ1n) is 6.56. The molecule has 0 aliphatic carbocycles. The van der Waals surface area contributed by atoms with Gasteiger partial charge in [0, 0.05) is 23.5 Å². The van der Waals surface area contributed by atoms with Crippen molar-refractivity contribution in [1.29, 1.82) is 0 Å². The van der Waals surface area contributed by atoms with Gasteiger partial charge in [-0.2, -0.15) is 0 Å². The van der Waals surface area contributed by atoms with Gasteiger partial charge in [-0.25, -0.2) is 0 Å². The summed E-state index contributed by atoms with van der Waals surface area (Å²) in [7, 11) is 0. The molecule has 2 rings (SSSR count). The quantitative estimate of drug-likeness (QED) is 0.687. The highest BCUT2D eigenvalue weighted by molar-refractivity contribution is 5.87. The van der Waals surface area contributed by atoms with Gasteiger partial charge in [0.15, 0.2) is 0 Å². The lowest BCUT2D eigenvalue weighted by Crippen LogP contribution is -2.38. The molecule has 4 N–H and O–H groups in total. The number of nitrogens with one attached hydrogen (secondary N) is 2. The maximum absolute atomic E-state index is 11.3. The molecule has 1 unspecified atom stereocenters. The van der Waals surface area contributed by atoms with E-state index in [1.165, 1.54) is 12.1 Å². The van der Waals surface area contributed by atoms with E-state index in [2.05, 4.69) is 10.3 Å². The molecule has 1 aromatic carbocycles. The number of aromatic hydroxyl groups is 1. The maximum atomic E-state index is 11.3. The van der Waals surface area contributed by atoms with Crippen LogP contribution in [0.3, 0.4) is 0 Å². The summed E-state index contributed by atoms with van der Waals surface area (Å²) < 4.78 is 0. The van der Waals surface area contributed by atoms with Gasteiger partial charge in [-0.3, -0.25) is 4.79 Å². The normalized spacial score (nSPS) is 13.6. The van der Waals surface area contributed by atoms with Crippen molar-refractivity contribution in [3.8, 4) is 5.75 Å². The summed E-state index contributed by atoms with van der Waals surface area (Å²) >= 11 is 0. The Balaban J connectivity index is 2.40. The van der Waals surface area contributed by atoms with E-state index in [0.29, 0.717) is 23.0 Å². The Hall–Kier alpha value is -1.85. The smallest absolute Gasteiger partial charge is 0.248 e. The second-order valence-corrected chi connectivity index (χ2v) is 5.93. The molecule has 1 atom stereocenters. The Bertz CT molecular complexity index is 671. The fraction of sp³-hybridized carbons (Fsp3) is 0.400. The first kappa shape index (κ1) is 14.6. The Morgan fingerprint density at radius 2 is 1.95 bits per heavy atom. The van der Waals surface area contributed by atoms with Crippen molar-refractivity contribution in [3.05, 3.63) is 40.2 Å². The van der Waals surface area contributed by atoms with Crippen LogP contribution in [-0.4, -0.2) is 27.3 Å². The zero-order valence-corrected chi connectivity index (χ0v) is 11.9. The molecule has 0 saturated carbocycles. The highest BCUT2D eigenvalue weighted by Gasteiger charge is 2.16. The zero-order valence-electron chi connectivity index (χ0n) is 11.9. The third-order valence-corrected chi connectivity index (χ3v) is 3.09. The molecule has 20 heavy (non-hydrogen) atoms. The standard InChI is InChI=1S/C15H20N2O3/c1-15(2,3)16-8-12(19)9-4-6-11(18)14-10(9)5-7-13(20)17-14/h4-7,12,16,18-19H,8H2,1-3H3,(H,17,20). The fourth-order valence-electron chi connectivity index (χ4n) is 2.06. The number of hydrogen-bond donors (Lipinski definition) is 4. The van der Waals surface area contributed by atoms with Gasteiger partial charge in [-0.15, -0.1) is 0 Å². The maximum Gasteiger partial charge on any atom is 0.248 e. The summed E-state index contributed by atoms with van der Waals surface area (Å²) in [5, 5.41) is 24.0. The summed E-state index contributed by atoms with van der Waals surface area (Å²) in [4.78, 5) is 13.9. The average Bonchev–Trinajstić information content (AvgIpc) is 2.36. The second kappa shape index (κ2) is 5.26. The first-order valence-corrected chi connectivity index (χ1v) is 6.56. The van der Waals surface area contributed by atoms with Crippen molar-refractivity contribution in [2.24, 2.45) is 0 Å². The number of H-pyrrole nitrogens is 1. The van der Waals surface area contributed by atoms with Crippen molar-refractivity contribution >= 4 is 10.9 Å². The number of β-amino-alcohol motifs (C(OH)–C–C–N with tert-alkyl or cyclic N) is 1. The van der Waals surface area contributed by atoms with Crippen LogP contribution in [0.2, 0.25) is 0 Å². The monoisotopic (exact) mass is 276 g/mol. The van der Waals surface area contributed by atoms with E-state index < -0.39 is 6.10 Å². The number of aliphatic hydroxyl groups excluding tert-OH is 1. The molecule has 0 spiro atoms. The van der Waals surface area contributed by atoms with Crippen LogP contribution >= 0.6 is 0 Å². The van der Waals surface area contributed by atoms with Crippen LogP contribution in [0.4, 0.5) is 0 Å². The summed E-state index contributed by atoms with van der Waals surface area (Å²) in [6.07, 6.45) is -0.719. The number of hydrogen-bond acceptors (Lipinski definition) is 4. The lowest BCUT2D eigenvalue weighted by Gasteiger charge is -2.23. The molecule has 0 aliphatic rings. The predicted octanol–water partition coefficient (Wildman–Crippen LogP) is 1.66. The Labute approximate surface area is 117 Å². The summed E-state index contributed by atoms with van der Waals surface area (Å²) in [6, 6.07) is 6.15. The van der Waals surface area contributed by atoms with Gasteiger partial charge in [0.05, 0.1) is 11.6 Å². The molecule has 0 bridgehead atoms. The van der Waals surface area contributed by atoms with Gasteiger partial charge in [0.2, 0.25) is 5.56 Å². The van der Waals surface area contributed by atoms with E-state index in [1.54, 1.807) is 12.1 Å². The summed E-state index contributed by atoms with van der Waals surface area (Å²) in [5.74, 6) is -0.00238. The predicted molar refractivity (Wildman–Crippen MR) is 78.9 cm³/mol. The van der Waals surface area contributed by atoms with E-state index >= 15 is 0 Å².